The van der Waals surface area contributed by atoms with Gasteiger partial charge < -0.3 is 40.2 Å². The average Bonchev–Trinajstić information content (AvgIpc) is 3.04. The van der Waals surface area contributed by atoms with E-state index >= 15 is 0 Å². The molecule has 278 valence electrons. The van der Waals surface area contributed by atoms with Gasteiger partial charge in [0.1, 0.15) is 5.75 Å². The van der Waals surface area contributed by atoms with E-state index in [-0.39, 0.29) is 42.9 Å². The summed E-state index contributed by atoms with van der Waals surface area (Å²) in [7, 11) is 0. The maximum absolute atomic E-state index is 12.9. The number of amides is 2. The third-order valence-corrected chi connectivity index (χ3v) is 8.32. The fourth-order valence-corrected chi connectivity index (χ4v) is 4.98. The van der Waals surface area contributed by atoms with Gasteiger partial charge in [-0.05, 0) is 68.1 Å². The summed E-state index contributed by atoms with van der Waals surface area (Å²) in [4.78, 5) is 38.2. The first-order chi connectivity index (χ1) is 23.9. The fraction of sp³-hybridized carbons (Fsp3) is 0.500. The summed E-state index contributed by atoms with van der Waals surface area (Å²) in [6.07, 6.45) is -5.65. The minimum Gasteiger partial charge on any atom is -0.493 e. The van der Waals surface area contributed by atoms with Crippen molar-refractivity contribution in [3.8, 4) is 11.8 Å². The van der Waals surface area contributed by atoms with Crippen molar-refractivity contribution in [2.45, 2.75) is 52.9 Å². The van der Waals surface area contributed by atoms with E-state index in [0.717, 1.165) is 5.56 Å². The number of alkyl halides is 4. The van der Waals surface area contributed by atoms with Gasteiger partial charge in [0.25, 0.3) is 5.91 Å². The highest BCUT2D eigenvalue weighted by Gasteiger charge is 2.39. The number of aromatic nitrogens is 3. The number of rotatable bonds is 16. The van der Waals surface area contributed by atoms with E-state index < -0.39 is 35.8 Å². The van der Waals surface area contributed by atoms with Crippen molar-refractivity contribution in [1.82, 2.24) is 25.2 Å². The number of ether oxygens (including phenoxy) is 3. The van der Waals surface area contributed by atoms with E-state index in [0.29, 0.717) is 42.7 Å². The molecule has 0 bridgehead atoms. The number of nitrogens with zero attached hydrogens (tertiary/aromatic N) is 4. The molecule has 4 N–H and O–H groups in total. The largest absolute Gasteiger partial charge is 0.493 e. The number of benzene rings is 2. The highest BCUT2D eigenvalue weighted by Crippen LogP contribution is 2.30. The van der Waals surface area contributed by atoms with Crippen LogP contribution in [0.25, 0.3) is 0 Å². The van der Waals surface area contributed by atoms with Crippen LogP contribution in [-0.2, 0) is 11.3 Å². The summed E-state index contributed by atoms with van der Waals surface area (Å²) in [6, 6.07) is 12.9. The van der Waals surface area contributed by atoms with Crippen LogP contribution in [0.2, 0.25) is 0 Å². The number of carboxylic acid groups (broad SMARTS) is 1. The normalized spacial score (nSPS) is 14.2. The molecule has 17 heteroatoms. The van der Waals surface area contributed by atoms with Crippen LogP contribution in [0.5, 0.6) is 11.8 Å². The first-order valence-electron chi connectivity index (χ1n) is 16.1. The number of halogens is 4. The summed E-state index contributed by atoms with van der Waals surface area (Å²) in [6.45, 7) is 9.72. The van der Waals surface area contributed by atoms with Gasteiger partial charge in [-0.1, -0.05) is 26.0 Å². The van der Waals surface area contributed by atoms with Gasteiger partial charge in [0.15, 0.2) is 6.61 Å². The first-order valence-corrected chi connectivity index (χ1v) is 16.6. The summed E-state index contributed by atoms with van der Waals surface area (Å²) < 4.78 is 54.6. The fourth-order valence-electron chi connectivity index (χ4n) is 4.74. The Kier molecular flexibility index (Phi) is 12.4. The average molecular weight is 738 g/mol. The zero-order valence-electron chi connectivity index (χ0n) is 29.1. The van der Waals surface area contributed by atoms with Crippen molar-refractivity contribution < 1.29 is 42.1 Å². The molecule has 1 aliphatic heterocycles. The van der Waals surface area contributed by atoms with Crippen molar-refractivity contribution >= 4 is 41.2 Å². The monoisotopic (exact) mass is 737 g/mol. The molecule has 3 aromatic rings. The van der Waals surface area contributed by atoms with Gasteiger partial charge in [-0.25, -0.2) is 4.79 Å². The van der Waals surface area contributed by atoms with Crippen molar-refractivity contribution in [2.75, 3.05) is 56.0 Å². The van der Waals surface area contributed by atoms with Crippen LogP contribution in [-0.4, -0.2) is 94.1 Å². The lowest BCUT2D eigenvalue weighted by atomic mass is 9.90. The Morgan fingerprint density at radius 3 is 2.16 bits per heavy atom. The second-order valence-corrected chi connectivity index (χ2v) is 14.4. The SMILES string of the molecule is CC(C)(CNC(=O)c1ccc(Nc2nc(NCc3ccc(OCC4(CCl)COC4)cc3)nc(OCC(F)(F)F)n2)cc1)CN(C(=O)O)C(C)(C)C. The van der Waals surface area contributed by atoms with E-state index in [2.05, 4.69) is 30.9 Å². The molecule has 51 heavy (non-hydrogen) atoms. The van der Waals surface area contributed by atoms with E-state index in [1.165, 1.54) is 4.90 Å². The number of anilines is 3. The van der Waals surface area contributed by atoms with Gasteiger partial charge in [-0.2, -0.15) is 28.1 Å². The van der Waals surface area contributed by atoms with Crippen LogP contribution < -0.4 is 25.4 Å². The topological polar surface area (TPSA) is 160 Å². The smallest absolute Gasteiger partial charge is 0.422 e. The number of carbonyl (C=O) groups excluding carboxylic acids is 1. The summed E-state index contributed by atoms with van der Waals surface area (Å²) in [5.41, 5.74) is 0.234. The Balaban J connectivity index is 1.38. The molecular weight excluding hydrogens is 695 g/mol. The van der Waals surface area contributed by atoms with E-state index in [1.54, 1.807) is 57.2 Å². The zero-order chi connectivity index (χ0) is 37.5. The van der Waals surface area contributed by atoms with Gasteiger partial charge in [0.2, 0.25) is 11.9 Å². The molecule has 1 aromatic heterocycles. The Morgan fingerprint density at radius 2 is 1.61 bits per heavy atom. The maximum Gasteiger partial charge on any atom is 0.422 e. The number of hydrogen-bond acceptors (Lipinski definition) is 10. The predicted octanol–water partition coefficient (Wildman–Crippen LogP) is 6.34. The van der Waals surface area contributed by atoms with E-state index in [1.807, 2.05) is 26.0 Å². The molecule has 2 amide bonds. The first kappa shape index (κ1) is 39.2. The number of carbonyl (C=O) groups is 2. The Morgan fingerprint density at radius 1 is 0.961 bits per heavy atom. The molecule has 13 nitrogen and oxygen atoms in total. The molecule has 1 aliphatic rings. The number of nitrogens with one attached hydrogen (secondary N) is 3. The zero-order valence-corrected chi connectivity index (χ0v) is 29.8. The van der Waals surface area contributed by atoms with Crippen LogP contribution in [0.3, 0.4) is 0 Å². The molecule has 0 unspecified atom stereocenters. The maximum atomic E-state index is 12.9. The highest BCUT2D eigenvalue weighted by atomic mass is 35.5. The summed E-state index contributed by atoms with van der Waals surface area (Å²) >= 11 is 6.05. The Bertz CT molecular complexity index is 1630. The predicted molar refractivity (Wildman–Crippen MR) is 185 cm³/mol. The lowest BCUT2D eigenvalue weighted by Crippen LogP contribution is -2.51. The molecule has 0 radical (unpaired) electrons. The summed E-state index contributed by atoms with van der Waals surface area (Å²) in [5, 5.41) is 18.4. The third-order valence-electron chi connectivity index (χ3n) is 7.76. The molecule has 0 aliphatic carbocycles. The van der Waals surface area contributed by atoms with Gasteiger partial charge >= 0.3 is 18.3 Å². The Labute approximate surface area is 299 Å². The summed E-state index contributed by atoms with van der Waals surface area (Å²) in [5.74, 6) is 0.588. The van der Waals surface area contributed by atoms with Crippen LogP contribution in [0.4, 0.5) is 35.5 Å². The van der Waals surface area contributed by atoms with Crippen molar-refractivity contribution in [1.29, 1.82) is 0 Å². The molecule has 1 fully saturated rings. The molecule has 2 aromatic carbocycles. The van der Waals surface area contributed by atoms with Crippen molar-refractivity contribution in [2.24, 2.45) is 10.8 Å². The molecular formula is C34H43ClF3N7O6. The standard InChI is InChI=1S/C34H43ClF3N7O6/c1-31(2,3)45(30(47)48)17-32(4,5)16-40-26(46)23-8-10-24(11-9-23)41-28-42-27(43-29(44-28)51-21-34(36,37)38)39-14-22-6-12-25(13-7-22)50-20-33(15-35)18-49-19-33/h6-13H,14-21H2,1-5H3,(H,40,46)(H,47,48)(H2,39,41,42,43,44). The highest BCUT2D eigenvalue weighted by molar-refractivity contribution is 6.18. The molecule has 4 rings (SSSR count). The number of hydrogen-bond donors (Lipinski definition) is 4. The molecule has 0 spiro atoms. The van der Waals surface area contributed by atoms with Gasteiger partial charge in [0.05, 0.1) is 25.2 Å². The van der Waals surface area contributed by atoms with Crippen LogP contribution >= 0.6 is 11.6 Å². The molecule has 0 atom stereocenters. The second-order valence-electron chi connectivity index (χ2n) is 14.2. The van der Waals surface area contributed by atoms with Crippen LogP contribution in [0.15, 0.2) is 48.5 Å². The minimum atomic E-state index is -4.61. The second kappa shape index (κ2) is 16.2. The van der Waals surface area contributed by atoms with Crippen molar-refractivity contribution in [3.05, 3.63) is 59.7 Å². The quantitative estimate of drug-likeness (QED) is 0.122. The van der Waals surface area contributed by atoms with E-state index in [9.17, 15) is 27.9 Å². The van der Waals surface area contributed by atoms with Gasteiger partial charge in [-0.3, -0.25) is 4.79 Å². The van der Waals surface area contributed by atoms with E-state index in [4.69, 9.17) is 25.8 Å². The van der Waals surface area contributed by atoms with Crippen molar-refractivity contribution in [3.63, 3.8) is 0 Å². The van der Waals surface area contributed by atoms with Crippen LogP contribution in [0, 0.1) is 10.8 Å². The lowest BCUT2D eigenvalue weighted by Gasteiger charge is -2.39. The minimum absolute atomic E-state index is 0.0365. The Hall–Kier alpha value is -4.57. The molecule has 1 saturated heterocycles. The van der Waals surface area contributed by atoms with Crippen LogP contribution in [0.1, 0.15) is 50.5 Å². The third kappa shape index (κ3) is 12.0. The van der Waals surface area contributed by atoms with Gasteiger partial charge in [-0.15, -0.1) is 11.6 Å². The van der Waals surface area contributed by atoms with Gasteiger partial charge in [0, 0.05) is 42.3 Å². The molecule has 0 saturated carbocycles. The molecule has 2 heterocycles. The lowest BCUT2D eigenvalue weighted by molar-refractivity contribution is -0.154.